The molecule has 4 rings (SSSR count). The van der Waals surface area contributed by atoms with Crippen LogP contribution < -0.4 is 21.2 Å². The van der Waals surface area contributed by atoms with Gasteiger partial charge in [0.25, 0.3) is 15.9 Å². The van der Waals surface area contributed by atoms with Crippen LogP contribution in [0.3, 0.4) is 0 Å². The molecule has 12 heteroatoms. The molecule has 0 aliphatic heterocycles. The van der Waals surface area contributed by atoms with Gasteiger partial charge in [0.1, 0.15) is 21.9 Å². The number of carbonyl (C=O) groups is 1. The summed E-state index contributed by atoms with van der Waals surface area (Å²) in [6.45, 7) is 3.96. The van der Waals surface area contributed by atoms with Gasteiger partial charge in [0.2, 0.25) is 5.43 Å². The van der Waals surface area contributed by atoms with E-state index in [1.54, 1.807) is 41.8 Å². The molecule has 4 aromatic rings. The molecule has 0 bridgehead atoms. The number of fused-ring (bicyclic) bond motifs is 1. The number of nitrogens with one attached hydrogen (secondary N) is 2. The maximum Gasteiger partial charge on any atom is 0.263 e. The summed E-state index contributed by atoms with van der Waals surface area (Å²) in [4.78, 5) is 29.8. The summed E-state index contributed by atoms with van der Waals surface area (Å²) in [5.41, 5.74) is 8.09. The SMILES string of the molecule is CCn1c(N)c(C(=O)NC)c(=O)c2ccc(-c3ccc(NS(=O)(=O)c4cccc(Cl)c4Cl)c(C)c3)nc21. The predicted molar refractivity (Wildman–Crippen MR) is 147 cm³/mol. The molecule has 1 amide bonds. The van der Waals surface area contributed by atoms with Gasteiger partial charge in [-0.1, -0.05) is 35.3 Å². The number of pyridine rings is 2. The van der Waals surface area contributed by atoms with Crippen LogP contribution in [0.5, 0.6) is 0 Å². The monoisotopic (exact) mass is 559 g/mol. The number of aryl methyl sites for hydroxylation is 2. The quantitative estimate of drug-likeness (QED) is 0.319. The molecule has 2 heterocycles. The van der Waals surface area contributed by atoms with Crippen LogP contribution in [-0.2, 0) is 16.6 Å². The summed E-state index contributed by atoms with van der Waals surface area (Å²) in [5.74, 6) is -0.534. The Morgan fingerprint density at radius 1 is 1.14 bits per heavy atom. The lowest BCUT2D eigenvalue weighted by Crippen LogP contribution is -2.30. The minimum Gasteiger partial charge on any atom is -0.384 e. The van der Waals surface area contributed by atoms with Crippen molar-refractivity contribution in [2.24, 2.45) is 0 Å². The third kappa shape index (κ3) is 4.75. The van der Waals surface area contributed by atoms with Crippen LogP contribution in [0.15, 0.2) is 58.2 Å². The maximum absolute atomic E-state index is 13.0. The van der Waals surface area contributed by atoms with Gasteiger partial charge in [0.15, 0.2) is 0 Å². The van der Waals surface area contributed by atoms with E-state index in [1.165, 1.54) is 25.2 Å². The van der Waals surface area contributed by atoms with Crippen molar-refractivity contribution in [1.82, 2.24) is 14.9 Å². The van der Waals surface area contributed by atoms with Crippen LogP contribution >= 0.6 is 23.2 Å². The molecule has 0 spiro atoms. The van der Waals surface area contributed by atoms with Crippen LogP contribution in [0.4, 0.5) is 11.5 Å². The van der Waals surface area contributed by atoms with Gasteiger partial charge < -0.3 is 15.6 Å². The normalized spacial score (nSPS) is 11.5. The van der Waals surface area contributed by atoms with E-state index in [4.69, 9.17) is 28.9 Å². The molecular formula is C25H23Cl2N5O4S. The molecule has 0 unspecified atom stereocenters. The number of anilines is 2. The predicted octanol–water partition coefficient (Wildman–Crippen LogP) is 4.44. The van der Waals surface area contributed by atoms with Gasteiger partial charge in [-0.15, -0.1) is 0 Å². The van der Waals surface area contributed by atoms with Crippen LogP contribution in [0.2, 0.25) is 10.0 Å². The van der Waals surface area contributed by atoms with E-state index in [0.29, 0.717) is 34.7 Å². The Labute approximate surface area is 223 Å². The average Bonchev–Trinajstić information content (AvgIpc) is 2.86. The fraction of sp³-hybridized carbons (Fsp3) is 0.160. The molecule has 9 nitrogen and oxygen atoms in total. The van der Waals surface area contributed by atoms with Gasteiger partial charge in [-0.3, -0.25) is 14.3 Å². The van der Waals surface area contributed by atoms with Crippen molar-refractivity contribution in [1.29, 1.82) is 0 Å². The van der Waals surface area contributed by atoms with Crippen LogP contribution in [0, 0.1) is 6.92 Å². The van der Waals surface area contributed by atoms with Crippen molar-refractivity contribution in [2.75, 3.05) is 17.5 Å². The fourth-order valence-corrected chi connectivity index (χ4v) is 5.88. The van der Waals surface area contributed by atoms with Gasteiger partial charge >= 0.3 is 0 Å². The van der Waals surface area contributed by atoms with Gasteiger partial charge in [-0.2, -0.15) is 0 Å². The summed E-state index contributed by atoms with van der Waals surface area (Å²) < 4.78 is 30.0. The summed E-state index contributed by atoms with van der Waals surface area (Å²) in [6.07, 6.45) is 0. The smallest absolute Gasteiger partial charge is 0.263 e. The lowest BCUT2D eigenvalue weighted by molar-refractivity contribution is 0.0962. The highest BCUT2D eigenvalue weighted by Crippen LogP contribution is 2.32. The van der Waals surface area contributed by atoms with Crippen molar-refractivity contribution >= 4 is 61.7 Å². The zero-order valence-electron chi connectivity index (χ0n) is 20.1. The highest BCUT2D eigenvalue weighted by molar-refractivity contribution is 7.92. The molecule has 0 saturated heterocycles. The Balaban J connectivity index is 1.76. The topological polar surface area (TPSA) is 136 Å². The number of rotatable bonds is 6. The Morgan fingerprint density at radius 2 is 1.86 bits per heavy atom. The second-order valence-corrected chi connectivity index (χ2v) is 10.6. The molecule has 0 radical (unpaired) electrons. The number of nitrogens with two attached hydrogens (primary N) is 1. The number of aromatic nitrogens is 2. The van der Waals surface area contributed by atoms with E-state index in [1.807, 2.05) is 6.92 Å². The van der Waals surface area contributed by atoms with E-state index < -0.39 is 21.4 Å². The molecule has 37 heavy (non-hydrogen) atoms. The molecule has 0 aliphatic carbocycles. The molecule has 2 aromatic carbocycles. The standard InChI is InChI=1S/C25H23Cl2N5O4S/c1-4-32-23(28)20(25(34)29-3)22(33)15-9-11-18(30-24(15)32)14-8-10-17(13(2)12-14)31-37(35,36)19-7-5-6-16(26)21(19)27/h5-12,31H,4,28H2,1-3H3,(H,29,34). The molecular weight excluding hydrogens is 537 g/mol. The summed E-state index contributed by atoms with van der Waals surface area (Å²) in [7, 11) is -2.56. The van der Waals surface area contributed by atoms with Crippen LogP contribution in [-0.4, -0.2) is 30.9 Å². The van der Waals surface area contributed by atoms with Crippen molar-refractivity contribution in [3.63, 3.8) is 0 Å². The van der Waals surface area contributed by atoms with E-state index in [2.05, 4.69) is 15.0 Å². The molecule has 4 N–H and O–H groups in total. The summed E-state index contributed by atoms with van der Waals surface area (Å²) in [5, 5.41) is 2.78. The molecule has 0 fully saturated rings. The number of hydrogen-bond acceptors (Lipinski definition) is 6. The third-order valence-corrected chi connectivity index (χ3v) is 8.23. The summed E-state index contributed by atoms with van der Waals surface area (Å²) in [6, 6.07) is 12.7. The zero-order chi connectivity index (χ0) is 27.1. The Kier molecular flexibility index (Phi) is 7.18. The van der Waals surface area contributed by atoms with Gasteiger partial charge in [-0.05, 0) is 55.8 Å². The van der Waals surface area contributed by atoms with Gasteiger partial charge in [-0.25, -0.2) is 13.4 Å². The number of halogens is 2. The highest BCUT2D eigenvalue weighted by atomic mass is 35.5. The maximum atomic E-state index is 13.0. The molecule has 0 atom stereocenters. The molecule has 0 saturated carbocycles. The number of sulfonamides is 1. The largest absolute Gasteiger partial charge is 0.384 e. The average molecular weight is 560 g/mol. The number of nitrogens with zero attached hydrogens (tertiary/aromatic N) is 2. The van der Waals surface area contributed by atoms with Gasteiger partial charge in [0.05, 0.1) is 26.8 Å². The van der Waals surface area contributed by atoms with E-state index >= 15 is 0 Å². The Bertz CT molecular complexity index is 1740. The molecule has 192 valence electrons. The van der Waals surface area contributed by atoms with E-state index in [0.717, 1.165) is 0 Å². The van der Waals surface area contributed by atoms with Crippen molar-refractivity contribution < 1.29 is 13.2 Å². The minimum absolute atomic E-state index is 0.0320. The second-order valence-electron chi connectivity index (χ2n) is 8.17. The van der Waals surface area contributed by atoms with Crippen LogP contribution in [0.25, 0.3) is 22.3 Å². The lowest BCUT2D eigenvalue weighted by Gasteiger charge is -2.16. The number of nitrogen functional groups attached to an aromatic ring is 1. The number of carbonyl (C=O) groups excluding carboxylic acids is 1. The van der Waals surface area contributed by atoms with Crippen LogP contribution in [0.1, 0.15) is 22.8 Å². The first-order valence-electron chi connectivity index (χ1n) is 11.1. The molecule has 2 aromatic heterocycles. The molecule has 0 aliphatic rings. The first-order valence-corrected chi connectivity index (χ1v) is 13.4. The number of hydrogen-bond donors (Lipinski definition) is 3. The van der Waals surface area contributed by atoms with Crippen molar-refractivity contribution in [2.45, 2.75) is 25.3 Å². The second kappa shape index (κ2) is 10.0. The number of benzene rings is 2. The summed E-state index contributed by atoms with van der Waals surface area (Å²) >= 11 is 12.1. The Hall–Kier alpha value is -3.60. The Morgan fingerprint density at radius 3 is 2.51 bits per heavy atom. The van der Waals surface area contributed by atoms with Crippen molar-refractivity contribution in [3.05, 3.63) is 79.9 Å². The van der Waals surface area contributed by atoms with E-state index in [9.17, 15) is 18.0 Å². The van der Waals surface area contributed by atoms with Crippen molar-refractivity contribution in [3.8, 4) is 11.3 Å². The highest BCUT2D eigenvalue weighted by Gasteiger charge is 2.22. The number of amides is 1. The van der Waals surface area contributed by atoms with E-state index in [-0.39, 0.29) is 31.7 Å². The first kappa shape index (κ1) is 26.5. The fourth-order valence-electron chi connectivity index (χ4n) is 3.99. The minimum atomic E-state index is -3.99. The third-order valence-electron chi connectivity index (χ3n) is 5.89. The zero-order valence-corrected chi connectivity index (χ0v) is 22.4. The van der Waals surface area contributed by atoms with Gasteiger partial charge in [0, 0.05) is 19.2 Å². The first-order chi connectivity index (χ1) is 17.5. The lowest BCUT2D eigenvalue weighted by atomic mass is 10.1.